The minimum Gasteiger partial charge on any atom is -0.393 e. The fourth-order valence-corrected chi connectivity index (χ4v) is 3.75. The summed E-state index contributed by atoms with van der Waals surface area (Å²) in [6.07, 6.45) is 2.48. The van der Waals surface area contributed by atoms with Gasteiger partial charge in [0.05, 0.1) is 0 Å². The Kier molecular flexibility index (Phi) is 9.10. The van der Waals surface area contributed by atoms with Crippen LogP contribution < -0.4 is 15.3 Å². The van der Waals surface area contributed by atoms with E-state index in [0.717, 1.165) is 19.7 Å². The summed E-state index contributed by atoms with van der Waals surface area (Å²) in [7, 11) is -1.58. The fourth-order valence-electron chi connectivity index (χ4n) is 1.58. The van der Waals surface area contributed by atoms with Crippen molar-refractivity contribution in [3.63, 3.8) is 0 Å². The van der Waals surface area contributed by atoms with Gasteiger partial charge in [0.1, 0.15) is 0 Å². The maximum absolute atomic E-state index is 6.03. The Balaban J connectivity index is 3.99. The molecule has 3 N–H and O–H groups in total. The average Bonchev–Trinajstić information content (AvgIpc) is 2.18. The Labute approximate surface area is 122 Å². The van der Waals surface area contributed by atoms with Crippen LogP contribution in [0.2, 0.25) is 0 Å². The van der Waals surface area contributed by atoms with Crippen LogP contribution in [-0.4, -0.2) is 40.1 Å². The van der Waals surface area contributed by atoms with E-state index in [1.54, 1.807) is 0 Å². The molecule has 0 amide bonds. The highest BCUT2D eigenvalue weighted by molar-refractivity contribution is 6.46. The fraction of sp³-hybridized carbons (Fsp3) is 1.00. The number of hydrogen-bond donors (Lipinski definition) is 3. The van der Waals surface area contributed by atoms with Gasteiger partial charge >= 0.3 is 9.36 Å². The van der Waals surface area contributed by atoms with Crippen LogP contribution in [0, 0.1) is 0 Å². The van der Waals surface area contributed by atoms with Crippen molar-refractivity contribution in [3.05, 3.63) is 0 Å². The van der Waals surface area contributed by atoms with Crippen LogP contribution in [0.25, 0.3) is 0 Å². The molecule has 0 aromatic heterocycles. The Morgan fingerprint density at radius 1 is 0.895 bits per heavy atom. The molecular formula is C14H35N3OSi. The zero-order valence-corrected chi connectivity index (χ0v) is 15.2. The minimum atomic E-state index is -1.58. The Morgan fingerprint density at radius 3 is 1.84 bits per heavy atom. The molecule has 0 rings (SSSR count). The Bertz CT molecular complexity index is 208. The maximum Gasteiger partial charge on any atom is 0.335 e. The van der Waals surface area contributed by atoms with Crippen molar-refractivity contribution in [2.45, 2.75) is 72.4 Å². The standard InChI is InChI=1S/C14H35N3OSi/c1-8-9-10-15-11-12-18-19(16-13(2,3)4)17-14(5,6)7/h15-17,19H,8-12H2,1-7H3. The summed E-state index contributed by atoms with van der Waals surface area (Å²) >= 11 is 0. The van der Waals surface area contributed by atoms with Crippen molar-refractivity contribution in [1.82, 2.24) is 15.3 Å². The van der Waals surface area contributed by atoms with Gasteiger partial charge in [0.15, 0.2) is 0 Å². The van der Waals surface area contributed by atoms with Gasteiger partial charge in [0.2, 0.25) is 0 Å². The lowest BCUT2D eigenvalue weighted by molar-refractivity contribution is 0.275. The lowest BCUT2D eigenvalue weighted by Gasteiger charge is -2.32. The van der Waals surface area contributed by atoms with Gasteiger partial charge in [-0.1, -0.05) is 13.3 Å². The lowest BCUT2D eigenvalue weighted by atomic mass is 10.1. The van der Waals surface area contributed by atoms with E-state index in [2.05, 4.69) is 63.7 Å². The number of nitrogens with one attached hydrogen (secondary N) is 3. The smallest absolute Gasteiger partial charge is 0.335 e. The molecule has 0 bridgehead atoms. The summed E-state index contributed by atoms with van der Waals surface area (Å²) in [6, 6.07) is 0. The van der Waals surface area contributed by atoms with E-state index in [9.17, 15) is 0 Å². The van der Waals surface area contributed by atoms with Crippen molar-refractivity contribution >= 4 is 9.36 Å². The summed E-state index contributed by atoms with van der Waals surface area (Å²) in [5.41, 5.74) is 0.176. The molecule has 0 aliphatic heterocycles. The first-order valence-electron chi connectivity index (χ1n) is 7.52. The molecule has 0 radical (unpaired) electrons. The van der Waals surface area contributed by atoms with E-state index < -0.39 is 9.36 Å². The quantitative estimate of drug-likeness (QED) is 0.448. The highest BCUT2D eigenvalue weighted by Crippen LogP contribution is 2.03. The molecule has 0 spiro atoms. The molecule has 0 saturated heterocycles. The number of unbranched alkanes of at least 4 members (excludes halogenated alkanes) is 1. The van der Waals surface area contributed by atoms with Gasteiger partial charge in [-0.15, -0.1) is 0 Å². The molecule has 4 nitrogen and oxygen atoms in total. The molecular weight excluding hydrogens is 254 g/mol. The number of hydrogen-bond acceptors (Lipinski definition) is 4. The molecule has 0 aromatic carbocycles. The van der Waals surface area contributed by atoms with Gasteiger partial charge in [0.25, 0.3) is 0 Å². The summed E-state index contributed by atoms with van der Waals surface area (Å²) in [5.74, 6) is 0. The minimum absolute atomic E-state index is 0.0881. The largest absolute Gasteiger partial charge is 0.393 e. The van der Waals surface area contributed by atoms with E-state index in [1.165, 1.54) is 12.8 Å². The highest BCUT2D eigenvalue weighted by Gasteiger charge is 2.24. The highest BCUT2D eigenvalue weighted by atomic mass is 28.3. The second-order valence-electron chi connectivity index (χ2n) is 7.14. The topological polar surface area (TPSA) is 45.3 Å². The van der Waals surface area contributed by atoms with Gasteiger partial charge in [-0.2, -0.15) is 0 Å². The van der Waals surface area contributed by atoms with Crippen LogP contribution in [0.3, 0.4) is 0 Å². The van der Waals surface area contributed by atoms with Gasteiger partial charge in [-0.25, -0.2) is 0 Å². The predicted molar refractivity (Wildman–Crippen MR) is 86.7 cm³/mol. The second-order valence-corrected chi connectivity index (χ2v) is 8.81. The third-order valence-corrected chi connectivity index (χ3v) is 5.22. The SMILES string of the molecule is CCCCNCCO[SiH](NC(C)(C)C)NC(C)(C)C. The molecule has 0 heterocycles. The van der Waals surface area contributed by atoms with Gasteiger partial charge in [-0.3, -0.25) is 0 Å². The summed E-state index contributed by atoms with van der Waals surface area (Å²) < 4.78 is 6.03. The molecule has 0 atom stereocenters. The van der Waals surface area contributed by atoms with Crippen molar-refractivity contribution in [1.29, 1.82) is 0 Å². The first-order chi connectivity index (χ1) is 8.64. The monoisotopic (exact) mass is 289 g/mol. The lowest BCUT2D eigenvalue weighted by Crippen LogP contribution is -2.62. The maximum atomic E-state index is 6.03. The molecule has 0 unspecified atom stereocenters. The van der Waals surface area contributed by atoms with Crippen LogP contribution in [0.4, 0.5) is 0 Å². The van der Waals surface area contributed by atoms with Crippen molar-refractivity contribution in [2.24, 2.45) is 0 Å². The molecule has 19 heavy (non-hydrogen) atoms. The van der Waals surface area contributed by atoms with E-state index in [4.69, 9.17) is 4.43 Å². The van der Waals surface area contributed by atoms with E-state index in [-0.39, 0.29) is 11.1 Å². The second kappa shape index (κ2) is 9.08. The normalized spacial score (nSPS) is 13.3. The molecule has 0 aromatic rings. The molecule has 0 saturated carbocycles. The van der Waals surface area contributed by atoms with E-state index in [1.807, 2.05) is 0 Å². The summed E-state index contributed by atoms with van der Waals surface area (Å²) in [6.45, 7) is 18.1. The van der Waals surface area contributed by atoms with Crippen LogP contribution in [0.5, 0.6) is 0 Å². The third-order valence-electron chi connectivity index (χ3n) is 2.40. The summed E-state index contributed by atoms with van der Waals surface area (Å²) in [5, 5.41) is 3.41. The zero-order chi connectivity index (χ0) is 14.9. The zero-order valence-electron chi connectivity index (χ0n) is 14.0. The van der Waals surface area contributed by atoms with E-state index >= 15 is 0 Å². The van der Waals surface area contributed by atoms with Crippen molar-refractivity contribution in [2.75, 3.05) is 19.7 Å². The molecule has 0 aliphatic rings. The molecule has 116 valence electrons. The number of rotatable bonds is 9. The van der Waals surface area contributed by atoms with Crippen LogP contribution >= 0.6 is 0 Å². The predicted octanol–water partition coefficient (Wildman–Crippen LogP) is 1.89. The van der Waals surface area contributed by atoms with Crippen molar-refractivity contribution < 1.29 is 4.43 Å². The summed E-state index contributed by atoms with van der Waals surface area (Å²) in [4.78, 5) is 7.19. The third kappa shape index (κ3) is 14.3. The first-order valence-corrected chi connectivity index (χ1v) is 9.14. The van der Waals surface area contributed by atoms with Gasteiger partial charge in [-0.05, 0) is 54.5 Å². The molecule has 5 heteroatoms. The van der Waals surface area contributed by atoms with Crippen molar-refractivity contribution in [3.8, 4) is 0 Å². The van der Waals surface area contributed by atoms with Crippen LogP contribution in [-0.2, 0) is 4.43 Å². The first kappa shape index (κ1) is 19.1. The van der Waals surface area contributed by atoms with Crippen LogP contribution in [0.1, 0.15) is 61.3 Å². The van der Waals surface area contributed by atoms with E-state index in [0.29, 0.717) is 0 Å². The average molecular weight is 290 g/mol. The van der Waals surface area contributed by atoms with Crippen LogP contribution in [0.15, 0.2) is 0 Å². The molecule has 0 aliphatic carbocycles. The molecule has 0 fully saturated rings. The Hall–Kier alpha value is 0.0569. The van der Waals surface area contributed by atoms with Gasteiger partial charge in [0, 0.05) is 24.2 Å². The van der Waals surface area contributed by atoms with Gasteiger partial charge < -0.3 is 19.7 Å². The Morgan fingerprint density at radius 2 is 1.42 bits per heavy atom.